The number of hydrogen-bond donors (Lipinski definition) is 2. The molecule has 0 aliphatic heterocycles. The van der Waals surface area contributed by atoms with E-state index in [0.29, 0.717) is 11.6 Å². The molecule has 0 bridgehead atoms. The van der Waals surface area contributed by atoms with Gasteiger partial charge in [-0.3, -0.25) is 0 Å². The summed E-state index contributed by atoms with van der Waals surface area (Å²) in [4.78, 5) is 3.97. The highest BCUT2D eigenvalue weighted by molar-refractivity contribution is 5.43. The van der Waals surface area contributed by atoms with Gasteiger partial charge < -0.3 is 15.9 Å². The maximum absolute atomic E-state index is 5.95. The molecule has 0 aromatic carbocycles. The van der Waals surface area contributed by atoms with Crippen LogP contribution < -0.4 is 11.5 Å². The summed E-state index contributed by atoms with van der Waals surface area (Å²) in [6, 6.07) is 6.90. The van der Waals surface area contributed by atoms with Gasteiger partial charge in [0.25, 0.3) is 0 Å². The minimum absolute atomic E-state index is 0.348. The standard InChI is InChI=1S/C10H11N3O/c11-9(8-4-2-6-14-8)7-3-1-5-13-10(7)12/h1-6,9H,11H2,(H2,12,13). The first-order chi connectivity index (χ1) is 6.79. The van der Waals surface area contributed by atoms with Crippen LogP contribution in [0, 0.1) is 0 Å². The second-order valence-corrected chi connectivity index (χ2v) is 2.97. The van der Waals surface area contributed by atoms with E-state index in [1.807, 2.05) is 12.1 Å². The molecule has 0 aliphatic carbocycles. The SMILES string of the molecule is Nc1ncccc1C(N)c1ccco1. The van der Waals surface area contributed by atoms with Gasteiger partial charge in [0, 0.05) is 11.8 Å². The van der Waals surface area contributed by atoms with Crippen molar-refractivity contribution in [2.45, 2.75) is 6.04 Å². The zero-order valence-corrected chi connectivity index (χ0v) is 7.55. The molecule has 0 amide bonds. The molecule has 2 aromatic heterocycles. The van der Waals surface area contributed by atoms with Crippen LogP contribution in [0.25, 0.3) is 0 Å². The van der Waals surface area contributed by atoms with Crippen LogP contribution in [-0.2, 0) is 0 Å². The van der Waals surface area contributed by atoms with E-state index in [-0.39, 0.29) is 6.04 Å². The van der Waals surface area contributed by atoms with Crippen LogP contribution in [-0.4, -0.2) is 4.98 Å². The molecule has 0 radical (unpaired) electrons. The first kappa shape index (κ1) is 8.77. The van der Waals surface area contributed by atoms with Gasteiger partial charge in [0.05, 0.1) is 12.3 Å². The number of rotatable bonds is 2. The second-order valence-electron chi connectivity index (χ2n) is 2.97. The minimum atomic E-state index is -0.348. The van der Waals surface area contributed by atoms with Crippen LogP contribution in [0.2, 0.25) is 0 Å². The summed E-state index contributed by atoms with van der Waals surface area (Å²) in [7, 11) is 0. The van der Waals surface area contributed by atoms with Crippen LogP contribution >= 0.6 is 0 Å². The van der Waals surface area contributed by atoms with Crippen LogP contribution in [0.3, 0.4) is 0 Å². The van der Waals surface area contributed by atoms with Crippen molar-refractivity contribution in [1.29, 1.82) is 0 Å². The lowest BCUT2D eigenvalue weighted by Gasteiger charge is -2.10. The lowest BCUT2D eigenvalue weighted by atomic mass is 10.1. The molecule has 0 aliphatic rings. The molecule has 1 atom stereocenters. The fourth-order valence-electron chi connectivity index (χ4n) is 1.31. The normalized spacial score (nSPS) is 12.6. The molecule has 4 N–H and O–H groups in total. The van der Waals surface area contributed by atoms with Crippen molar-refractivity contribution >= 4 is 5.82 Å². The fourth-order valence-corrected chi connectivity index (χ4v) is 1.31. The largest absolute Gasteiger partial charge is 0.467 e. The minimum Gasteiger partial charge on any atom is -0.467 e. The molecule has 72 valence electrons. The van der Waals surface area contributed by atoms with Gasteiger partial charge in [0.1, 0.15) is 11.6 Å². The van der Waals surface area contributed by atoms with E-state index in [1.165, 1.54) is 0 Å². The molecule has 14 heavy (non-hydrogen) atoms. The lowest BCUT2D eigenvalue weighted by molar-refractivity contribution is 0.490. The topological polar surface area (TPSA) is 78.1 Å². The van der Waals surface area contributed by atoms with Gasteiger partial charge in [-0.1, -0.05) is 6.07 Å². The quantitative estimate of drug-likeness (QED) is 0.746. The van der Waals surface area contributed by atoms with Crippen molar-refractivity contribution in [3.05, 3.63) is 48.0 Å². The Balaban J connectivity index is 2.37. The lowest BCUT2D eigenvalue weighted by Crippen LogP contribution is -2.13. The van der Waals surface area contributed by atoms with Crippen molar-refractivity contribution in [2.75, 3.05) is 5.73 Å². The Morgan fingerprint density at radius 2 is 2.14 bits per heavy atom. The van der Waals surface area contributed by atoms with E-state index < -0.39 is 0 Å². The summed E-state index contributed by atoms with van der Waals surface area (Å²) in [6.07, 6.45) is 3.22. The molecule has 0 saturated carbocycles. The van der Waals surface area contributed by atoms with Crippen LogP contribution in [0.5, 0.6) is 0 Å². The third-order valence-electron chi connectivity index (χ3n) is 2.06. The van der Waals surface area contributed by atoms with Gasteiger partial charge in [0.2, 0.25) is 0 Å². The van der Waals surface area contributed by atoms with Gasteiger partial charge in [-0.25, -0.2) is 4.98 Å². The molecule has 0 spiro atoms. The van der Waals surface area contributed by atoms with Crippen LogP contribution in [0.15, 0.2) is 41.1 Å². The number of anilines is 1. The van der Waals surface area contributed by atoms with Crippen LogP contribution in [0.1, 0.15) is 17.4 Å². The van der Waals surface area contributed by atoms with Gasteiger partial charge in [0.15, 0.2) is 0 Å². The monoisotopic (exact) mass is 189 g/mol. The van der Waals surface area contributed by atoms with E-state index >= 15 is 0 Å². The van der Waals surface area contributed by atoms with E-state index in [2.05, 4.69) is 4.98 Å². The highest BCUT2D eigenvalue weighted by Crippen LogP contribution is 2.22. The molecule has 0 fully saturated rings. The first-order valence-electron chi connectivity index (χ1n) is 4.28. The Morgan fingerprint density at radius 1 is 1.29 bits per heavy atom. The third kappa shape index (κ3) is 1.47. The van der Waals surface area contributed by atoms with E-state index in [9.17, 15) is 0 Å². The molecule has 0 saturated heterocycles. The summed E-state index contributed by atoms with van der Waals surface area (Å²) < 4.78 is 5.20. The number of furan rings is 1. The Labute approximate surface area is 81.5 Å². The highest BCUT2D eigenvalue weighted by atomic mass is 16.3. The maximum Gasteiger partial charge on any atom is 0.128 e. The fraction of sp³-hybridized carbons (Fsp3) is 0.100. The number of pyridine rings is 1. The molecule has 2 heterocycles. The average molecular weight is 189 g/mol. The van der Waals surface area contributed by atoms with Gasteiger partial charge in [-0.05, 0) is 18.2 Å². The van der Waals surface area contributed by atoms with Gasteiger partial charge in [-0.15, -0.1) is 0 Å². The zero-order chi connectivity index (χ0) is 9.97. The number of aromatic nitrogens is 1. The molecule has 4 nitrogen and oxygen atoms in total. The molecular weight excluding hydrogens is 178 g/mol. The summed E-state index contributed by atoms with van der Waals surface area (Å²) in [6.45, 7) is 0. The van der Waals surface area contributed by atoms with Crippen molar-refractivity contribution < 1.29 is 4.42 Å². The highest BCUT2D eigenvalue weighted by Gasteiger charge is 2.14. The molecular formula is C10H11N3O. The zero-order valence-electron chi connectivity index (χ0n) is 7.55. The third-order valence-corrected chi connectivity index (χ3v) is 2.06. The predicted octanol–water partition coefficient (Wildman–Crippen LogP) is 1.30. The smallest absolute Gasteiger partial charge is 0.128 e. The van der Waals surface area contributed by atoms with Crippen molar-refractivity contribution in [2.24, 2.45) is 5.73 Å². The maximum atomic E-state index is 5.95. The number of nitrogen functional groups attached to an aromatic ring is 1. The van der Waals surface area contributed by atoms with Gasteiger partial charge >= 0.3 is 0 Å². The number of nitrogens with two attached hydrogens (primary N) is 2. The van der Waals surface area contributed by atoms with Crippen molar-refractivity contribution in [1.82, 2.24) is 4.98 Å². The predicted molar refractivity (Wildman–Crippen MR) is 53.4 cm³/mol. The van der Waals surface area contributed by atoms with Crippen molar-refractivity contribution in [3.63, 3.8) is 0 Å². The van der Waals surface area contributed by atoms with Gasteiger partial charge in [-0.2, -0.15) is 0 Å². The van der Waals surface area contributed by atoms with Crippen molar-refractivity contribution in [3.8, 4) is 0 Å². The number of hydrogen-bond acceptors (Lipinski definition) is 4. The van der Waals surface area contributed by atoms with Crippen LogP contribution in [0.4, 0.5) is 5.82 Å². The molecule has 4 heteroatoms. The second kappa shape index (κ2) is 3.51. The Hall–Kier alpha value is -1.81. The summed E-state index contributed by atoms with van der Waals surface area (Å²) in [5.74, 6) is 1.13. The first-order valence-corrected chi connectivity index (χ1v) is 4.28. The summed E-state index contributed by atoms with van der Waals surface area (Å²) in [5, 5.41) is 0. The molecule has 2 rings (SSSR count). The number of nitrogens with zero attached hydrogens (tertiary/aromatic N) is 1. The average Bonchev–Trinajstić information content (AvgIpc) is 2.70. The Kier molecular flexibility index (Phi) is 2.20. The summed E-state index contributed by atoms with van der Waals surface area (Å²) >= 11 is 0. The van der Waals surface area contributed by atoms with E-state index in [0.717, 1.165) is 5.56 Å². The van der Waals surface area contributed by atoms with E-state index in [4.69, 9.17) is 15.9 Å². The Bertz CT molecular complexity index is 411. The van der Waals surface area contributed by atoms with E-state index in [1.54, 1.807) is 24.6 Å². The summed E-state index contributed by atoms with van der Waals surface area (Å²) in [5.41, 5.74) is 12.4. The Morgan fingerprint density at radius 3 is 2.79 bits per heavy atom. The molecule has 1 unspecified atom stereocenters. The molecule has 2 aromatic rings.